The van der Waals surface area contributed by atoms with Crippen molar-refractivity contribution in [3.8, 4) is 0 Å². The third-order valence-electron chi connectivity index (χ3n) is 5.58. The minimum absolute atomic E-state index is 0.0647. The highest BCUT2D eigenvalue weighted by molar-refractivity contribution is 5.79. The first-order chi connectivity index (χ1) is 12.9. The fraction of sp³-hybridized carbons (Fsp3) is 0.421. The van der Waals surface area contributed by atoms with Crippen molar-refractivity contribution in [3.05, 3.63) is 47.8 Å². The van der Waals surface area contributed by atoms with Crippen molar-refractivity contribution in [2.45, 2.75) is 25.8 Å². The summed E-state index contributed by atoms with van der Waals surface area (Å²) in [4.78, 5) is 24.6. The smallest absolute Gasteiger partial charge is 0.223 e. The Morgan fingerprint density at radius 3 is 2.59 bits per heavy atom. The van der Waals surface area contributed by atoms with Crippen molar-refractivity contribution in [2.75, 3.05) is 30.3 Å². The zero-order valence-electron chi connectivity index (χ0n) is 14.9. The molecule has 1 aromatic carbocycles. The Balaban J connectivity index is 1.41. The van der Waals surface area contributed by atoms with Crippen LogP contribution in [-0.4, -0.2) is 40.4 Å². The molecule has 3 heterocycles. The highest BCUT2D eigenvalue weighted by Gasteiger charge is 2.44. The van der Waals surface area contributed by atoms with Crippen molar-refractivity contribution < 1.29 is 13.6 Å². The Hall–Kier alpha value is -2.77. The number of hydrogen-bond donors (Lipinski definition) is 1. The summed E-state index contributed by atoms with van der Waals surface area (Å²) >= 11 is 0. The van der Waals surface area contributed by atoms with Gasteiger partial charge < -0.3 is 15.5 Å². The van der Waals surface area contributed by atoms with Gasteiger partial charge in [0.2, 0.25) is 5.91 Å². The van der Waals surface area contributed by atoms with Gasteiger partial charge in [0.05, 0.1) is 0 Å². The second kappa shape index (κ2) is 6.75. The predicted molar refractivity (Wildman–Crippen MR) is 96.7 cm³/mol. The molecular weight excluding hydrogens is 352 g/mol. The number of nitrogens with two attached hydrogens (primary N) is 1. The highest BCUT2D eigenvalue weighted by Crippen LogP contribution is 2.42. The van der Waals surface area contributed by atoms with Crippen LogP contribution in [0.4, 0.5) is 20.4 Å². The molecule has 0 saturated carbocycles. The fourth-order valence-corrected chi connectivity index (χ4v) is 4.06. The number of hydrogen-bond acceptors (Lipinski definition) is 5. The molecule has 2 aliphatic heterocycles. The van der Waals surface area contributed by atoms with Gasteiger partial charge >= 0.3 is 0 Å². The second-order valence-corrected chi connectivity index (χ2v) is 7.46. The summed E-state index contributed by atoms with van der Waals surface area (Å²) in [5, 5.41) is 0. The summed E-state index contributed by atoms with van der Waals surface area (Å²) in [6.07, 6.45) is 3.70. The van der Waals surface area contributed by atoms with Gasteiger partial charge in [0.1, 0.15) is 18.0 Å². The Morgan fingerprint density at radius 1 is 1.11 bits per heavy atom. The number of likely N-dealkylation sites (tertiary alicyclic amines) is 1. The standard InChI is InChI=1S/C19H21F2N5O/c20-14-2-1-13(7-15(14)21)10-26-11-19(9-18(26)27)3-5-25(6-4-19)17-8-16(22)23-12-24-17/h1-2,7-8,12H,3-6,9-11H2,(H2,22,23,24). The number of nitrogens with zero attached hydrogens (tertiary/aromatic N) is 4. The van der Waals surface area contributed by atoms with Gasteiger partial charge in [-0.05, 0) is 30.5 Å². The summed E-state index contributed by atoms with van der Waals surface area (Å²) in [6, 6.07) is 5.55. The zero-order valence-corrected chi connectivity index (χ0v) is 14.9. The summed E-state index contributed by atoms with van der Waals surface area (Å²) in [5.74, 6) is -0.444. The van der Waals surface area contributed by atoms with E-state index in [1.54, 1.807) is 11.0 Å². The quantitative estimate of drug-likeness (QED) is 0.894. The van der Waals surface area contributed by atoms with E-state index in [0.29, 0.717) is 30.9 Å². The Kier molecular flexibility index (Phi) is 4.41. The molecule has 2 aromatic rings. The fourth-order valence-electron chi connectivity index (χ4n) is 4.06. The molecule has 2 fully saturated rings. The van der Waals surface area contributed by atoms with Crippen LogP contribution in [0, 0.1) is 17.0 Å². The monoisotopic (exact) mass is 373 g/mol. The number of piperidine rings is 1. The van der Waals surface area contributed by atoms with E-state index in [0.717, 1.165) is 43.9 Å². The maximum Gasteiger partial charge on any atom is 0.223 e. The first-order valence-electron chi connectivity index (χ1n) is 8.98. The van der Waals surface area contributed by atoms with E-state index >= 15 is 0 Å². The van der Waals surface area contributed by atoms with Gasteiger partial charge in [-0.25, -0.2) is 18.7 Å². The van der Waals surface area contributed by atoms with Crippen molar-refractivity contribution >= 4 is 17.5 Å². The van der Waals surface area contributed by atoms with E-state index in [9.17, 15) is 13.6 Å². The van der Waals surface area contributed by atoms with Crippen LogP contribution in [0.15, 0.2) is 30.6 Å². The summed E-state index contributed by atoms with van der Waals surface area (Å²) in [7, 11) is 0. The van der Waals surface area contributed by atoms with E-state index in [-0.39, 0.29) is 11.3 Å². The molecule has 8 heteroatoms. The third kappa shape index (κ3) is 3.56. The van der Waals surface area contributed by atoms with Crippen molar-refractivity contribution in [1.82, 2.24) is 14.9 Å². The van der Waals surface area contributed by atoms with Crippen LogP contribution in [0.1, 0.15) is 24.8 Å². The molecule has 0 unspecified atom stereocenters. The van der Waals surface area contributed by atoms with Crippen LogP contribution in [0.3, 0.4) is 0 Å². The largest absolute Gasteiger partial charge is 0.384 e. The SMILES string of the molecule is Nc1cc(N2CCC3(CC2)CC(=O)N(Cc2ccc(F)c(F)c2)C3)ncn1. The number of benzene rings is 1. The van der Waals surface area contributed by atoms with Gasteiger partial charge in [-0.1, -0.05) is 6.07 Å². The minimum Gasteiger partial charge on any atom is -0.384 e. The van der Waals surface area contributed by atoms with Crippen molar-refractivity contribution in [2.24, 2.45) is 5.41 Å². The average molecular weight is 373 g/mol. The number of rotatable bonds is 3. The van der Waals surface area contributed by atoms with Crippen LogP contribution >= 0.6 is 0 Å². The molecule has 2 N–H and O–H groups in total. The Morgan fingerprint density at radius 2 is 1.89 bits per heavy atom. The number of carbonyl (C=O) groups excluding carboxylic acids is 1. The van der Waals surface area contributed by atoms with Gasteiger partial charge in [0.25, 0.3) is 0 Å². The molecule has 0 radical (unpaired) electrons. The van der Waals surface area contributed by atoms with E-state index < -0.39 is 11.6 Å². The lowest BCUT2D eigenvalue weighted by Gasteiger charge is -2.39. The van der Waals surface area contributed by atoms with E-state index in [1.165, 1.54) is 12.4 Å². The number of carbonyl (C=O) groups is 1. The maximum absolute atomic E-state index is 13.4. The Bertz CT molecular complexity index is 867. The first-order valence-corrected chi connectivity index (χ1v) is 8.98. The number of amides is 1. The normalized spacial score (nSPS) is 19.1. The van der Waals surface area contributed by atoms with E-state index in [2.05, 4.69) is 14.9 Å². The van der Waals surface area contributed by atoms with Crippen LogP contribution in [0.25, 0.3) is 0 Å². The number of nitrogen functional groups attached to an aromatic ring is 1. The van der Waals surface area contributed by atoms with Gasteiger partial charge in [0, 0.05) is 44.1 Å². The molecule has 1 aromatic heterocycles. The minimum atomic E-state index is -0.883. The predicted octanol–water partition coefficient (Wildman–Crippen LogP) is 2.36. The van der Waals surface area contributed by atoms with Gasteiger partial charge in [-0.3, -0.25) is 4.79 Å². The summed E-state index contributed by atoms with van der Waals surface area (Å²) in [6.45, 7) is 2.54. The zero-order chi connectivity index (χ0) is 19.0. The van der Waals surface area contributed by atoms with Gasteiger partial charge in [-0.15, -0.1) is 0 Å². The molecular formula is C19H21F2N5O. The third-order valence-corrected chi connectivity index (χ3v) is 5.58. The van der Waals surface area contributed by atoms with Crippen LogP contribution in [0.5, 0.6) is 0 Å². The van der Waals surface area contributed by atoms with Gasteiger partial charge in [0.15, 0.2) is 11.6 Å². The number of anilines is 2. The Labute approximate surface area is 156 Å². The van der Waals surface area contributed by atoms with Crippen LogP contribution < -0.4 is 10.6 Å². The highest BCUT2D eigenvalue weighted by atomic mass is 19.2. The lowest BCUT2D eigenvalue weighted by molar-refractivity contribution is -0.128. The second-order valence-electron chi connectivity index (χ2n) is 7.46. The summed E-state index contributed by atoms with van der Waals surface area (Å²) in [5.41, 5.74) is 6.27. The molecule has 1 amide bonds. The molecule has 6 nitrogen and oxygen atoms in total. The van der Waals surface area contributed by atoms with Gasteiger partial charge in [-0.2, -0.15) is 0 Å². The maximum atomic E-state index is 13.4. The van der Waals surface area contributed by atoms with E-state index in [4.69, 9.17) is 5.73 Å². The van der Waals surface area contributed by atoms with Crippen molar-refractivity contribution in [1.29, 1.82) is 0 Å². The lowest BCUT2D eigenvalue weighted by Crippen LogP contribution is -2.42. The summed E-state index contributed by atoms with van der Waals surface area (Å²) < 4.78 is 26.5. The molecule has 27 heavy (non-hydrogen) atoms. The molecule has 142 valence electrons. The number of halogens is 2. The molecule has 1 spiro atoms. The number of aromatic nitrogens is 2. The lowest BCUT2D eigenvalue weighted by atomic mass is 9.77. The van der Waals surface area contributed by atoms with Crippen molar-refractivity contribution in [3.63, 3.8) is 0 Å². The molecule has 4 rings (SSSR count). The first kappa shape index (κ1) is 17.6. The molecule has 2 saturated heterocycles. The molecule has 0 bridgehead atoms. The molecule has 2 aliphatic rings. The van der Waals surface area contributed by atoms with Crippen LogP contribution in [-0.2, 0) is 11.3 Å². The molecule has 0 aliphatic carbocycles. The van der Waals surface area contributed by atoms with E-state index in [1.807, 2.05) is 0 Å². The van der Waals surface area contributed by atoms with Crippen LogP contribution in [0.2, 0.25) is 0 Å². The topological polar surface area (TPSA) is 75.3 Å². The average Bonchev–Trinajstić information content (AvgIpc) is 2.94. The molecule has 0 atom stereocenters.